The average Bonchev–Trinajstić information content (AvgIpc) is 2.75. The summed E-state index contributed by atoms with van der Waals surface area (Å²) in [5, 5.41) is 3.60. The molecule has 186 valence electrons. The Morgan fingerprint density at radius 1 is 1.03 bits per heavy atom. The zero-order valence-corrected chi connectivity index (χ0v) is 22.0. The van der Waals surface area contributed by atoms with Crippen molar-refractivity contribution in [1.82, 2.24) is 10.2 Å². The Kier molecular flexibility index (Phi) is 9.61. The molecule has 0 heterocycles. The summed E-state index contributed by atoms with van der Waals surface area (Å²) in [7, 11) is -2.52. The zero-order chi connectivity index (χ0) is 25.6. The van der Waals surface area contributed by atoms with Gasteiger partial charge in [0.15, 0.2) is 0 Å². The van der Waals surface area contributed by atoms with E-state index in [2.05, 4.69) is 5.32 Å². The van der Waals surface area contributed by atoms with Crippen LogP contribution in [0.1, 0.15) is 26.3 Å². The lowest BCUT2D eigenvalue weighted by atomic mass is 10.1. The zero-order valence-electron chi connectivity index (χ0n) is 19.7. The molecule has 0 aliphatic rings. The summed E-state index contributed by atoms with van der Waals surface area (Å²) in [5.74, 6) is -0.699. The summed E-state index contributed by atoms with van der Waals surface area (Å²) in [6.45, 7) is 4.74. The van der Waals surface area contributed by atoms with Gasteiger partial charge < -0.3 is 15.0 Å². The first kappa shape index (κ1) is 27.8. The van der Waals surface area contributed by atoms with Crippen molar-refractivity contribution < 1.29 is 22.7 Å². The molecule has 11 heteroatoms. The van der Waals surface area contributed by atoms with Gasteiger partial charge in [0.2, 0.25) is 21.8 Å². The van der Waals surface area contributed by atoms with Gasteiger partial charge in [-0.05, 0) is 56.7 Å². The van der Waals surface area contributed by atoms with Gasteiger partial charge in [0.25, 0.3) is 0 Å². The minimum atomic E-state index is -3.91. The van der Waals surface area contributed by atoms with E-state index in [-0.39, 0.29) is 35.0 Å². The van der Waals surface area contributed by atoms with Crippen LogP contribution in [0.2, 0.25) is 10.0 Å². The summed E-state index contributed by atoms with van der Waals surface area (Å²) >= 11 is 12.1. The van der Waals surface area contributed by atoms with Gasteiger partial charge in [-0.15, -0.1) is 0 Å². The minimum Gasteiger partial charge on any atom is -0.495 e. The number of hydrogen-bond donors (Lipinski definition) is 1. The van der Waals surface area contributed by atoms with Crippen molar-refractivity contribution >= 4 is 50.7 Å². The molecule has 0 fully saturated rings. The first-order valence-electron chi connectivity index (χ1n) is 10.5. The highest BCUT2D eigenvalue weighted by molar-refractivity contribution is 7.92. The maximum Gasteiger partial charge on any atom is 0.244 e. The van der Waals surface area contributed by atoms with E-state index < -0.39 is 28.5 Å². The molecule has 2 amide bonds. The molecule has 0 aliphatic carbocycles. The van der Waals surface area contributed by atoms with E-state index in [4.69, 9.17) is 27.9 Å². The molecule has 2 aromatic rings. The number of amides is 2. The monoisotopic (exact) mass is 529 g/mol. The normalized spacial score (nSPS) is 12.2. The Bertz CT molecular complexity index is 1120. The molecule has 0 saturated carbocycles. The molecular weight excluding hydrogens is 501 g/mol. The maximum absolute atomic E-state index is 13.5. The predicted octanol–water partition coefficient (Wildman–Crippen LogP) is 3.71. The number of benzene rings is 2. The smallest absolute Gasteiger partial charge is 0.244 e. The third kappa shape index (κ3) is 7.51. The summed E-state index contributed by atoms with van der Waals surface area (Å²) in [5.41, 5.74) is 0.852. The first-order chi connectivity index (χ1) is 15.8. The fraction of sp³-hybridized carbons (Fsp3) is 0.391. The Labute approximate surface area is 210 Å². The number of nitrogens with zero attached hydrogens (tertiary/aromatic N) is 2. The summed E-state index contributed by atoms with van der Waals surface area (Å²) < 4.78 is 31.6. The molecule has 0 aromatic heterocycles. The summed E-state index contributed by atoms with van der Waals surface area (Å²) in [6, 6.07) is 10.3. The van der Waals surface area contributed by atoms with Gasteiger partial charge in [-0.3, -0.25) is 13.9 Å². The van der Waals surface area contributed by atoms with Crippen molar-refractivity contribution in [3.05, 3.63) is 58.1 Å². The standard InChI is InChI=1S/C23H29Cl2N3O5S/c1-15(2)26-23(30)16(3)27(13-17-6-8-18(24)9-7-17)22(29)14-28(34(5,31)32)20-12-19(25)10-11-21(20)33-4/h6-12,15-16H,13-14H2,1-5H3,(H,26,30). The van der Waals surface area contributed by atoms with Crippen molar-refractivity contribution in [2.45, 2.75) is 39.4 Å². The number of nitrogens with one attached hydrogen (secondary N) is 1. The van der Waals surface area contributed by atoms with Crippen LogP contribution in [0.4, 0.5) is 5.69 Å². The van der Waals surface area contributed by atoms with Crippen molar-refractivity contribution in [3.63, 3.8) is 0 Å². The average molecular weight is 530 g/mol. The van der Waals surface area contributed by atoms with E-state index in [0.29, 0.717) is 5.02 Å². The van der Waals surface area contributed by atoms with Gasteiger partial charge in [0.1, 0.15) is 18.3 Å². The second-order valence-corrected chi connectivity index (χ2v) is 10.9. The van der Waals surface area contributed by atoms with E-state index in [1.807, 2.05) is 13.8 Å². The van der Waals surface area contributed by atoms with Crippen LogP contribution < -0.4 is 14.4 Å². The lowest BCUT2D eigenvalue weighted by molar-refractivity contribution is -0.139. The van der Waals surface area contributed by atoms with Gasteiger partial charge in [-0.2, -0.15) is 0 Å². The predicted molar refractivity (Wildman–Crippen MR) is 135 cm³/mol. The van der Waals surface area contributed by atoms with Crippen LogP contribution in [0.25, 0.3) is 0 Å². The largest absolute Gasteiger partial charge is 0.495 e. The van der Waals surface area contributed by atoms with Crippen LogP contribution in [0.15, 0.2) is 42.5 Å². The van der Waals surface area contributed by atoms with E-state index >= 15 is 0 Å². The van der Waals surface area contributed by atoms with E-state index in [1.165, 1.54) is 24.1 Å². The van der Waals surface area contributed by atoms with Crippen molar-refractivity contribution in [2.75, 3.05) is 24.2 Å². The highest BCUT2D eigenvalue weighted by Crippen LogP contribution is 2.33. The van der Waals surface area contributed by atoms with E-state index in [1.54, 1.807) is 37.3 Å². The molecule has 0 aliphatic heterocycles. The number of carbonyl (C=O) groups excluding carboxylic acids is 2. The van der Waals surface area contributed by atoms with Crippen LogP contribution in [0, 0.1) is 0 Å². The fourth-order valence-electron chi connectivity index (χ4n) is 3.23. The Balaban J connectivity index is 2.45. The number of rotatable bonds is 10. The molecule has 0 bridgehead atoms. The molecule has 1 N–H and O–H groups in total. The molecule has 2 rings (SSSR count). The number of hydrogen-bond acceptors (Lipinski definition) is 5. The van der Waals surface area contributed by atoms with Crippen molar-refractivity contribution in [3.8, 4) is 5.75 Å². The third-order valence-electron chi connectivity index (χ3n) is 4.95. The first-order valence-corrected chi connectivity index (χ1v) is 13.1. The van der Waals surface area contributed by atoms with Gasteiger partial charge in [-0.25, -0.2) is 8.42 Å². The van der Waals surface area contributed by atoms with Crippen LogP contribution in [-0.2, 0) is 26.2 Å². The molecule has 0 saturated heterocycles. The van der Waals surface area contributed by atoms with Crippen LogP contribution in [-0.4, -0.2) is 57.1 Å². The Hall–Kier alpha value is -2.49. The van der Waals surface area contributed by atoms with Gasteiger partial charge >= 0.3 is 0 Å². The molecule has 0 radical (unpaired) electrons. The molecule has 34 heavy (non-hydrogen) atoms. The van der Waals surface area contributed by atoms with E-state index in [9.17, 15) is 18.0 Å². The Morgan fingerprint density at radius 3 is 2.15 bits per heavy atom. The molecule has 8 nitrogen and oxygen atoms in total. The van der Waals surface area contributed by atoms with Gasteiger partial charge in [0.05, 0.1) is 19.1 Å². The second-order valence-electron chi connectivity index (χ2n) is 8.07. The second kappa shape index (κ2) is 11.8. The number of carbonyl (C=O) groups is 2. The lowest BCUT2D eigenvalue weighted by Gasteiger charge is -2.32. The number of ether oxygens (including phenoxy) is 1. The highest BCUT2D eigenvalue weighted by atomic mass is 35.5. The highest BCUT2D eigenvalue weighted by Gasteiger charge is 2.31. The van der Waals surface area contributed by atoms with Crippen molar-refractivity contribution in [2.24, 2.45) is 0 Å². The fourth-order valence-corrected chi connectivity index (χ4v) is 4.36. The lowest BCUT2D eigenvalue weighted by Crippen LogP contribution is -2.52. The quantitative estimate of drug-likeness (QED) is 0.506. The van der Waals surface area contributed by atoms with Crippen LogP contribution >= 0.6 is 23.2 Å². The number of anilines is 1. The maximum atomic E-state index is 13.5. The minimum absolute atomic E-state index is 0.0764. The summed E-state index contributed by atoms with van der Waals surface area (Å²) in [4.78, 5) is 27.6. The van der Waals surface area contributed by atoms with Gasteiger partial charge in [0, 0.05) is 22.6 Å². The number of methoxy groups -OCH3 is 1. The summed E-state index contributed by atoms with van der Waals surface area (Å²) in [6.07, 6.45) is 0.985. The molecular formula is C23H29Cl2N3O5S. The number of sulfonamides is 1. The molecule has 1 unspecified atom stereocenters. The Morgan fingerprint density at radius 2 is 1.62 bits per heavy atom. The number of halogens is 2. The SMILES string of the molecule is COc1ccc(Cl)cc1N(CC(=O)N(Cc1ccc(Cl)cc1)C(C)C(=O)NC(C)C)S(C)(=O)=O. The van der Waals surface area contributed by atoms with Crippen molar-refractivity contribution in [1.29, 1.82) is 0 Å². The topological polar surface area (TPSA) is 96.0 Å². The van der Waals surface area contributed by atoms with Crippen LogP contribution in [0.3, 0.4) is 0 Å². The molecule has 1 atom stereocenters. The third-order valence-corrected chi connectivity index (χ3v) is 6.57. The van der Waals surface area contributed by atoms with E-state index in [0.717, 1.165) is 16.1 Å². The van der Waals surface area contributed by atoms with Crippen LogP contribution in [0.5, 0.6) is 5.75 Å². The molecule has 2 aromatic carbocycles. The van der Waals surface area contributed by atoms with Gasteiger partial charge in [-0.1, -0.05) is 35.3 Å². The molecule has 0 spiro atoms.